The Morgan fingerprint density at radius 2 is 2.17 bits per heavy atom. The van der Waals surface area contributed by atoms with Gasteiger partial charge in [0, 0.05) is 11.1 Å². The van der Waals surface area contributed by atoms with Crippen molar-refractivity contribution < 1.29 is 9.15 Å². The number of hydrogen-bond donors (Lipinski definition) is 1. The SMILES string of the molecule is CCC(C)Oc1oc(=O)c2cc(N)ccc2c1Cl. The van der Waals surface area contributed by atoms with Gasteiger partial charge in [-0.15, -0.1) is 0 Å². The molecule has 1 heterocycles. The molecule has 96 valence electrons. The summed E-state index contributed by atoms with van der Waals surface area (Å²) in [5.41, 5.74) is 5.62. The van der Waals surface area contributed by atoms with E-state index in [-0.39, 0.29) is 12.1 Å². The highest BCUT2D eigenvalue weighted by molar-refractivity contribution is 6.36. The van der Waals surface area contributed by atoms with Gasteiger partial charge in [-0.25, -0.2) is 4.79 Å². The molecule has 1 aromatic heterocycles. The van der Waals surface area contributed by atoms with Crippen molar-refractivity contribution in [3.8, 4) is 5.95 Å². The Morgan fingerprint density at radius 3 is 2.83 bits per heavy atom. The predicted octanol–water partition coefficient (Wildman–Crippen LogP) is 3.21. The predicted molar refractivity (Wildman–Crippen MR) is 72.3 cm³/mol. The third kappa shape index (κ3) is 2.29. The van der Waals surface area contributed by atoms with Crippen molar-refractivity contribution in [2.45, 2.75) is 26.4 Å². The second-order valence-corrected chi connectivity index (χ2v) is 4.51. The summed E-state index contributed by atoms with van der Waals surface area (Å²) in [4.78, 5) is 11.8. The van der Waals surface area contributed by atoms with Crippen LogP contribution in [0.3, 0.4) is 0 Å². The van der Waals surface area contributed by atoms with E-state index < -0.39 is 5.63 Å². The Balaban J connectivity index is 2.62. The van der Waals surface area contributed by atoms with Crippen LogP contribution >= 0.6 is 11.6 Å². The molecule has 18 heavy (non-hydrogen) atoms. The van der Waals surface area contributed by atoms with Gasteiger partial charge in [-0.05, 0) is 25.5 Å². The molecule has 0 radical (unpaired) electrons. The quantitative estimate of drug-likeness (QED) is 0.867. The van der Waals surface area contributed by atoms with Crippen molar-refractivity contribution in [2.75, 3.05) is 5.73 Å². The Morgan fingerprint density at radius 1 is 1.44 bits per heavy atom. The monoisotopic (exact) mass is 267 g/mol. The van der Waals surface area contributed by atoms with Gasteiger partial charge in [0.2, 0.25) is 0 Å². The zero-order valence-electron chi connectivity index (χ0n) is 10.2. The van der Waals surface area contributed by atoms with Crippen LogP contribution in [0, 0.1) is 0 Å². The first-order chi connectivity index (χ1) is 8.52. The molecular formula is C13H14ClNO3. The number of halogens is 1. The summed E-state index contributed by atoms with van der Waals surface area (Å²) in [5.74, 6) is 0.0632. The van der Waals surface area contributed by atoms with E-state index in [2.05, 4.69) is 0 Å². The van der Waals surface area contributed by atoms with Crippen LogP contribution in [0.1, 0.15) is 20.3 Å². The third-order valence-electron chi connectivity index (χ3n) is 2.75. The van der Waals surface area contributed by atoms with E-state index in [1.54, 1.807) is 18.2 Å². The zero-order valence-corrected chi connectivity index (χ0v) is 11.0. The first-order valence-corrected chi connectivity index (χ1v) is 6.09. The molecule has 2 rings (SSSR count). The van der Waals surface area contributed by atoms with E-state index in [0.717, 1.165) is 6.42 Å². The molecule has 0 bridgehead atoms. The molecule has 0 aliphatic heterocycles. The molecule has 0 fully saturated rings. The van der Waals surface area contributed by atoms with Crippen molar-refractivity contribution in [2.24, 2.45) is 0 Å². The summed E-state index contributed by atoms with van der Waals surface area (Å²) in [7, 11) is 0. The highest BCUT2D eigenvalue weighted by Crippen LogP contribution is 2.32. The summed E-state index contributed by atoms with van der Waals surface area (Å²) >= 11 is 6.17. The van der Waals surface area contributed by atoms with Crippen molar-refractivity contribution in [1.82, 2.24) is 0 Å². The van der Waals surface area contributed by atoms with Crippen molar-refractivity contribution in [1.29, 1.82) is 0 Å². The van der Waals surface area contributed by atoms with Crippen molar-refractivity contribution >= 4 is 28.1 Å². The maximum atomic E-state index is 11.8. The Labute approximate surface area is 109 Å². The van der Waals surface area contributed by atoms with Crippen LogP contribution in [0.4, 0.5) is 5.69 Å². The van der Waals surface area contributed by atoms with Crippen molar-refractivity contribution in [3.63, 3.8) is 0 Å². The maximum absolute atomic E-state index is 11.8. The molecule has 2 aromatic rings. The number of benzene rings is 1. The molecule has 0 spiro atoms. The van der Waals surface area contributed by atoms with Gasteiger partial charge in [0.1, 0.15) is 5.02 Å². The molecule has 0 aliphatic rings. The molecule has 0 aliphatic carbocycles. The summed E-state index contributed by atoms with van der Waals surface area (Å²) < 4.78 is 10.6. The van der Waals surface area contributed by atoms with Gasteiger partial charge in [-0.1, -0.05) is 24.6 Å². The zero-order chi connectivity index (χ0) is 13.3. The van der Waals surface area contributed by atoms with Crippen LogP contribution in [0.2, 0.25) is 5.02 Å². The van der Waals surface area contributed by atoms with E-state index in [1.807, 2.05) is 13.8 Å². The maximum Gasteiger partial charge on any atom is 0.346 e. The molecular weight excluding hydrogens is 254 g/mol. The molecule has 4 nitrogen and oxygen atoms in total. The van der Waals surface area contributed by atoms with E-state index >= 15 is 0 Å². The third-order valence-corrected chi connectivity index (χ3v) is 3.11. The number of anilines is 1. The fourth-order valence-corrected chi connectivity index (χ4v) is 1.81. The number of nitrogen functional groups attached to an aromatic ring is 1. The van der Waals surface area contributed by atoms with Gasteiger partial charge in [-0.2, -0.15) is 0 Å². The molecule has 0 saturated heterocycles. The molecule has 1 unspecified atom stereocenters. The number of fused-ring (bicyclic) bond motifs is 1. The average molecular weight is 268 g/mol. The van der Waals surface area contributed by atoms with Crippen LogP contribution in [0.5, 0.6) is 5.95 Å². The van der Waals surface area contributed by atoms with Crippen LogP contribution in [-0.2, 0) is 0 Å². The molecule has 5 heteroatoms. The van der Waals surface area contributed by atoms with E-state index in [1.165, 1.54) is 0 Å². The van der Waals surface area contributed by atoms with Gasteiger partial charge >= 0.3 is 11.6 Å². The fourth-order valence-electron chi connectivity index (χ4n) is 1.56. The van der Waals surface area contributed by atoms with Gasteiger partial charge in [-0.3, -0.25) is 0 Å². The highest BCUT2D eigenvalue weighted by Gasteiger charge is 2.15. The van der Waals surface area contributed by atoms with E-state index in [4.69, 9.17) is 26.5 Å². The second kappa shape index (κ2) is 4.90. The average Bonchev–Trinajstić information content (AvgIpc) is 2.35. The molecule has 0 amide bonds. The Kier molecular flexibility index (Phi) is 3.48. The first kappa shape index (κ1) is 12.8. The minimum absolute atomic E-state index is 0.0632. The number of rotatable bonds is 3. The largest absolute Gasteiger partial charge is 0.461 e. The Hall–Kier alpha value is -1.68. The molecule has 0 saturated carbocycles. The standard InChI is InChI=1S/C13H14ClNO3/c1-3-7(2)17-13-11(14)9-5-4-8(15)6-10(9)12(16)18-13/h4-7H,3,15H2,1-2H3. The van der Waals surface area contributed by atoms with Crippen LogP contribution in [0.15, 0.2) is 27.4 Å². The minimum Gasteiger partial charge on any atom is -0.461 e. The first-order valence-electron chi connectivity index (χ1n) is 5.71. The van der Waals surface area contributed by atoms with Crippen LogP contribution < -0.4 is 16.1 Å². The Bertz CT molecular complexity index is 636. The fraction of sp³-hybridized carbons (Fsp3) is 0.308. The summed E-state index contributed by atoms with van der Waals surface area (Å²) in [5, 5.41) is 1.24. The second-order valence-electron chi connectivity index (χ2n) is 4.13. The van der Waals surface area contributed by atoms with Gasteiger partial charge in [0.15, 0.2) is 0 Å². The van der Waals surface area contributed by atoms with E-state index in [9.17, 15) is 4.79 Å². The summed E-state index contributed by atoms with van der Waals surface area (Å²) in [6.45, 7) is 3.85. The smallest absolute Gasteiger partial charge is 0.346 e. The number of ether oxygens (including phenoxy) is 1. The van der Waals surface area contributed by atoms with E-state index in [0.29, 0.717) is 21.5 Å². The lowest BCUT2D eigenvalue weighted by atomic mass is 10.1. The van der Waals surface area contributed by atoms with Gasteiger partial charge in [0.25, 0.3) is 0 Å². The topological polar surface area (TPSA) is 65.5 Å². The highest BCUT2D eigenvalue weighted by atomic mass is 35.5. The summed E-state index contributed by atoms with van der Waals surface area (Å²) in [6.07, 6.45) is 0.719. The van der Waals surface area contributed by atoms with Gasteiger partial charge in [0.05, 0.1) is 11.5 Å². The van der Waals surface area contributed by atoms with Crippen LogP contribution in [-0.4, -0.2) is 6.10 Å². The van der Waals surface area contributed by atoms with Crippen molar-refractivity contribution in [3.05, 3.63) is 33.6 Å². The molecule has 2 N–H and O–H groups in total. The van der Waals surface area contributed by atoms with Gasteiger partial charge < -0.3 is 14.9 Å². The molecule has 1 atom stereocenters. The molecule has 1 aromatic carbocycles. The summed E-state index contributed by atoms with van der Waals surface area (Å²) in [6, 6.07) is 4.91. The lowest BCUT2D eigenvalue weighted by Gasteiger charge is -2.12. The minimum atomic E-state index is -0.500. The van der Waals surface area contributed by atoms with Crippen LogP contribution in [0.25, 0.3) is 10.8 Å². The lowest BCUT2D eigenvalue weighted by Crippen LogP contribution is -2.12. The number of hydrogen-bond acceptors (Lipinski definition) is 4. The number of nitrogens with two attached hydrogens (primary N) is 1. The lowest BCUT2D eigenvalue weighted by molar-refractivity contribution is 0.161. The normalized spacial score (nSPS) is 12.6.